The third kappa shape index (κ3) is 88.2. The van der Waals surface area contributed by atoms with Crippen molar-refractivity contribution in [1.82, 2.24) is 0 Å². The van der Waals surface area contributed by atoms with E-state index in [9.17, 15) is 43.2 Å². The second-order valence-electron chi connectivity index (χ2n) is 34.7. The van der Waals surface area contributed by atoms with Crippen molar-refractivity contribution in [2.24, 2.45) is 5.92 Å². The Kier molecular flexibility index (Phi) is 86.9. The van der Waals surface area contributed by atoms with Crippen LogP contribution in [-0.4, -0.2) is 96.7 Å². The first kappa shape index (κ1) is 113. The number of esters is 4. The number of carbonyl (C=O) groups excluding carboxylic acids is 4. The number of unbranched alkanes of at least 4 members (excludes halogenated alkanes) is 67. The fourth-order valence-electron chi connectivity index (χ4n) is 15.2. The Labute approximate surface area is 708 Å². The van der Waals surface area contributed by atoms with E-state index < -0.39 is 97.5 Å². The second-order valence-corrected chi connectivity index (χ2v) is 37.6. The SMILES string of the molecule is CCCCCCCCCCCCCCCCCCCCCCCCC(=O)OC[C@H](COP(=O)(O)OC[C@@H](O)COP(=O)(O)OC[C@@H](COC(=O)CCCCCCCCCCCCCCC)OC(=O)CCCCCCCCCCCCCCCCCCCC)OC(=O)CCCCCCCCCCCCCCCCCCCCC(C)CC. The lowest BCUT2D eigenvalue weighted by atomic mass is 9.99. The van der Waals surface area contributed by atoms with E-state index in [0.29, 0.717) is 25.7 Å². The fourth-order valence-corrected chi connectivity index (χ4v) is 16.8. The van der Waals surface area contributed by atoms with Gasteiger partial charge in [-0.3, -0.25) is 37.3 Å². The Morgan fingerprint density at radius 2 is 0.417 bits per heavy atom. The average molecular weight is 1680 g/mol. The van der Waals surface area contributed by atoms with E-state index >= 15 is 0 Å². The molecule has 17 nitrogen and oxygen atoms in total. The first-order valence-corrected chi connectivity index (χ1v) is 52.7. The zero-order valence-corrected chi connectivity index (χ0v) is 77.7. The molecule has 0 rings (SSSR count). The lowest BCUT2D eigenvalue weighted by molar-refractivity contribution is -0.161. The van der Waals surface area contributed by atoms with E-state index in [4.69, 9.17) is 37.0 Å². The summed E-state index contributed by atoms with van der Waals surface area (Å²) in [5.41, 5.74) is 0. The molecule has 0 fully saturated rings. The van der Waals surface area contributed by atoms with Crippen molar-refractivity contribution in [2.45, 2.75) is 547 Å². The molecule has 0 aromatic heterocycles. The summed E-state index contributed by atoms with van der Waals surface area (Å²) in [5.74, 6) is -1.22. The van der Waals surface area contributed by atoms with E-state index in [2.05, 4.69) is 34.6 Å². The zero-order chi connectivity index (χ0) is 84.0. The molecule has 0 saturated carbocycles. The van der Waals surface area contributed by atoms with Crippen LogP contribution >= 0.6 is 15.6 Å². The molecule has 115 heavy (non-hydrogen) atoms. The maximum atomic E-state index is 13.2. The minimum Gasteiger partial charge on any atom is -0.462 e. The van der Waals surface area contributed by atoms with Crippen LogP contribution in [0.1, 0.15) is 529 Å². The standard InChI is InChI=1S/C96H188O17P2/c1-6-10-13-16-19-22-25-28-30-32-34-35-36-37-42-45-50-55-60-65-70-75-80-94(99)107-86-92(113-96(101)82-77-72-67-62-57-52-47-43-39-38-40-44-49-53-58-63-68-73-78-89(5)9-4)88-111-115(104,105)109-84-90(97)83-108-114(102,103)110-87-91(85-106-93(98)79-74-69-64-59-54-48-27-24-21-18-15-12-8-3)112-95(100)81-76-71-66-61-56-51-46-41-33-31-29-26-23-20-17-14-11-7-2/h89-92,97H,6-88H2,1-5H3,(H,102,103)(H,104,105)/t89?,90-,91+,92+/m0/s1. The van der Waals surface area contributed by atoms with Gasteiger partial charge in [0.1, 0.15) is 19.3 Å². The number of carbonyl (C=O) groups is 4. The normalized spacial score (nSPS) is 13.8. The lowest BCUT2D eigenvalue weighted by Crippen LogP contribution is -2.30. The van der Waals surface area contributed by atoms with Gasteiger partial charge in [-0.1, -0.05) is 478 Å². The lowest BCUT2D eigenvalue weighted by Gasteiger charge is -2.21. The molecule has 0 aromatic rings. The topological polar surface area (TPSA) is 237 Å². The molecule has 0 aliphatic carbocycles. The zero-order valence-electron chi connectivity index (χ0n) is 76.0. The molecule has 6 atom stereocenters. The van der Waals surface area contributed by atoms with E-state index in [1.54, 1.807) is 0 Å². The van der Waals surface area contributed by atoms with Gasteiger partial charge in [0, 0.05) is 25.7 Å². The van der Waals surface area contributed by atoms with Crippen LogP contribution < -0.4 is 0 Å². The van der Waals surface area contributed by atoms with Crippen LogP contribution in [0.5, 0.6) is 0 Å². The summed E-state index contributed by atoms with van der Waals surface area (Å²) < 4.78 is 69.2. The predicted octanol–water partition coefficient (Wildman–Crippen LogP) is 30.3. The number of ether oxygens (including phenoxy) is 4. The van der Waals surface area contributed by atoms with Crippen LogP contribution in [0.15, 0.2) is 0 Å². The molecule has 0 aliphatic rings. The van der Waals surface area contributed by atoms with Crippen LogP contribution in [-0.2, 0) is 65.4 Å². The Bertz CT molecular complexity index is 2170. The molecule has 684 valence electrons. The highest BCUT2D eigenvalue weighted by Crippen LogP contribution is 2.45. The van der Waals surface area contributed by atoms with E-state index in [-0.39, 0.29) is 25.7 Å². The number of phosphoric ester groups is 2. The molecular weight excluding hydrogens is 1490 g/mol. The summed E-state index contributed by atoms with van der Waals surface area (Å²) in [7, 11) is -9.94. The van der Waals surface area contributed by atoms with Crippen LogP contribution in [0.3, 0.4) is 0 Å². The molecule has 0 spiro atoms. The third-order valence-electron chi connectivity index (χ3n) is 23.1. The van der Waals surface area contributed by atoms with Crippen molar-refractivity contribution in [2.75, 3.05) is 39.6 Å². The first-order chi connectivity index (χ1) is 56.1. The number of rotatable bonds is 96. The molecule has 0 aromatic carbocycles. The van der Waals surface area contributed by atoms with Crippen molar-refractivity contribution in [3.63, 3.8) is 0 Å². The molecule has 0 radical (unpaired) electrons. The monoisotopic (exact) mass is 1680 g/mol. The number of phosphoric acid groups is 2. The summed E-state index contributed by atoms with van der Waals surface area (Å²) in [5, 5.41) is 10.7. The van der Waals surface area contributed by atoms with Gasteiger partial charge in [0.25, 0.3) is 0 Å². The third-order valence-corrected chi connectivity index (χ3v) is 25.0. The molecule has 3 unspecified atom stereocenters. The van der Waals surface area contributed by atoms with Crippen LogP contribution in [0, 0.1) is 5.92 Å². The van der Waals surface area contributed by atoms with Crippen LogP contribution in [0.4, 0.5) is 0 Å². The van der Waals surface area contributed by atoms with Gasteiger partial charge in [-0.05, 0) is 31.6 Å². The maximum Gasteiger partial charge on any atom is 0.472 e. The highest BCUT2D eigenvalue weighted by molar-refractivity contribution is 7.47. The molecule has 3 N–H and O–H groups in total. The number of aliphatic hydroxyl groups is 1. The quantitative estimate of drug-likeness (QED) is 0.0222. The van der Waals surface area contributed by atoms with Gasteiger partial charge in [-0.15, -0.1) is 0 Å². The van der Waals surface area contributed by atoms with Crippen molar-refractivity contribution in [3.8, 4) is 0 Å². The van der Waals surface area contributed by atoms with Crippen molar-refractivity contribution < 1.29 is 80.2 Å². The number of hydrogen-bond acceptors (Lipinski definition) is 15. The average Bonchev–Trinajstić information content (AvgIpc) is 0.897. The van der Waals surface area contributed by atoms with Gasteiger partial charge >= 0.3 is 39.5 Å². The molecule has 0 bridgehead atoms. The minimum atomic E-state index is -4.97. The number of aliphatic hydroxyl groups excluding tert-OH is 1. The van der Waals surface area contributed by atoms with E-state index in [1.807, 2.05) is 0 Å². The Balaban J connectivity index is 5.25. The second kappa shape index (κ2) is 88.4. The van der Waals surface area contributed by atoms with Crippen molar-refractivity contribution in [1.29, 1.82) is 0 Å². The molecule has 0 heterocycles. The smallest absolute Gasteiger partial charge is 0.462 e. The van der Waals surface area contributed by atoms with Gasteiger partial charge < -0.3 is 33.8 Å². The summed E-state index contributed by atoms with van der Waals surface area (Å²) in [4.78, 5) is 73.6. The van der Waals surface area contributed by atoms with Crippen molar-refractivity contribution in [3.05, 3.63) is 0 Å². The number of hydrogen-bond donors (Lipinski definition) is 3. The summed E-state index contributed by atoms with van der Waals surface area (Å²) in [6, 6.07) is 0. The predicted molar refractivity (Wildman–Crippen MR) is 479 cm³/mol. The molecule has 0 saturated heterocycles. The molecule has 0 amide bonds. The van der Waals surface area contributed by atoms with Gasteiger partial charge in [0.2, 0.25) is 0 Å². The molecule has 19 heteroatoms. The Morgan fingerprint density at radius 1 is 0.243 bits per heavy atom. The highest BCUT2D eigenvalue weighted by Gasteiger charge is 2.31. The fraction of sp³-hybridized carbons (Fsp3) is 0.958. The van der Waals surface area contributed by atoms with Crippen LogP contribution in [0.25, 0.3) is 0 Å². The van der Waals surface area contributed by atoms with Gasteiger partial charge in [0.05, 0.1) is 26.4 Å². The molecule has 0 aliphatic heterocycles. The Hall–Kier alpha value is -1.94. The summed E-state index contributed by atoms with van der Waals surface area (Å²) in [6.07, 6.45) is 86.2. The minimum absolute atomic E-state index is 0.110. The Morgan fingerprint density at radius 3 is 0.617 bits per heavy atom. The van der Waals surface area contributed by atoms with Gasteiger partial charge in [-0.25, -0.2) is 9.13 Å². The highest BCUT2D eigenvalue weighted by atomic mass is 31.2. The van der Waals surface area contributed by atoms with E-state index in [0.717, 1.165) is 95.8 Å². The summed E-state index contributed by atoms with van der Waals surface area (Å²) >= 11 is 0. The van der Waals surface area contributed by atoms with E-state index in [1.165, 1.54) is 353 Å². The van der Waals surface area contributed by atoms with Gasteiger partial charge in [0.15, 0.2) is 12.2 Å². The van der Waals surface area contributed by atoms with Gasteiger partial charge in [-0.2, -0.15) is 0 Å². The first-order valence-electron chi connectivity index (χ1n) is 49.7. The molecular formula is C96H188O17P2. The largest absolute Gasteiger partial charge is 0.472 e. The van der Waals surface area contributed by atoms with Crippen molar-refractivity contribution >= 4 is 39.5 Å². The maximum absolute atomic E-state index is 13.2. The summed E-state index contributed by atoms with van der Waals surface area (Å²) in [6.45, 7) is 7.50. The van der Waals surface area contributed by atoms with Crippen LogP contribution in [0.2, 0.25) is 0 Å².